The number of thiocarbonyl (C=S) groups is 1. The number of nitrogens with one attached hydrogen (secondary N) is 1. The minimum atomic E-state index is -0.100. The summed E-state index contributed by atoms with van der Waals surface area (Å²) in [6, 6.07) is 5.05. The van der Waals surface area contributed by atoms with Gasteiger partial charge in [-0.25, -0.2) is 4.79 Å². The zero-order valence-electron chi connectivity index (χ0n) is 11.2. The molecule has 1 aromatic carbocycles. The van der Waals surface area contributed by atoms with Crippen molar-refractivity contribution in [2.45, 2.75) is 25.7 Å². The highest BCUT2D eigenvalue weighted by Gasteiger charge is 2.16. The second-order valence-electron chi connectivity index (χ2n) is 4.89. The maximum Gasteiger partial charge on any atom is 0.321 e. The van der Waals surface area contributed by atoms with Gasteiger partial charge in [0.15, 0.2) is 0 Å². The fraction of sp³-hybridized carbons (Fsp3) is 0.429. The van der Waals surface area contributed by atoms with Crippen LogP contribution in [0.5, 0.6) is 0 Å². The standard InChI is InChI=1S/C14H18ClN3OS/c15-11-9-10(13(16)20)5-6-12(11)17-14(19)18-7-3-1-2-4-8-18/h5-6,9H,1-4,7-8H2,(H2,16,20)(H,17,19). The number of nitrogens with zero attached hydrogens (tertiary/aromatic N) is 1. The highest BCUT2D eigenvalue weighted by Crippen LogP contribution is 2.23. The number of benzene rings is 1. The van der Waals surface area contributed by atoms with E-state index in [1.807, 2.05) is 4.90 Å². The first-order valence-electron chi connectivity index (χ1n) is 6.73. The van der Waals surface area contributed by atoms with Crippen LogP contribution in [0.3, 0.4) is 0 Å². The van der Waals surface area contributed by atoms with Crippen LogP contribution in [0.4, 0.5) is 10.5 Å². The fourth-order valence-corrected chi connectivity index (χ4v) is 2.59. The lowest BCUT2D eigenvalue weighted by Gasteiger charge is -2.21. The number of hydrogen-bond acceptors (Lipinski definition) is 2. The third-order valence-corrected chi connectivity index (χ3v) is 3.94. The number of likely N-dealkylation sites (tertiary alicyclic amines) is 1. The first-order valence-corrected chi connectivity index (χ1v) is 7.52. The lowest BCUT2D eigenvalue weighted by Crippen LogP contribution is -2.35. The molecule has 0 bridgehead atoms. The maximum atomic E-state index is 12.2. The fourth-order valence-electron chi connectivity index (χ4n) is 2.24. The van der Waals surface area contributed by atoms with Crippen LogP contribution in [-0.4, -0.2) is 29.0 Å². The molecule has 1 fully saturated rings. The molecule has 1 aliphatic rings. The average Bonchev–Trinajstić information content (AvgIpc) is 2.69. The molecule has 6 heteroatoms. The summed E-state index contributed by atoms with van der Waals surface area (Å²) in [6.45, 7) is 1.60. The Labute approximate surface area is 129 Å². The number of hydrogen-bond donors (Lipinski definition) is 2. The summed E-state index contributed by atoms with van der Waals surface area (Å²) >= 11 is 11.0. The van der Waals surface area contributed by atoms with E-state index in [1.165, 1.54) is 12.8 Å². The molecule has 3 N–H and O–H groups in total. The molecule has 0 saturated carbocycles. The first kappa shape index (κ1) is 15.1. The zero-order valence-corrected chi connectivity index (χ0v) is 12.8. The molecule has 0 spiro atoms. The Morgan fingerprint density at radius 1 is 1.25 bits per heavy atom. The average molecular weight is 312 g/mol. The van der Waals surface area contributed by atoms with Gasteiger partial charge in [0.1, 0.15) is 4.99 Å². The van der Waals surface area contributed by atoms with Crippen molar-refractivity contribution in [3.8, 4) is 0 Å². The highest BCUT2D eigenvalue weighted by molar-refractivity contribution is 7.80. The van der Waals surface area contributed by atoms with E-state index in [9.17, 15) is 4.79 Å². The number of urea groups is 1. The highest BCUT2D eigenvalue weighted by atomic mass is 35.5. The molecule has 0 aliphatic carbocycles. The van der Waals surface area contributed by atoms with Crippen molar-refractivity contribution in [3.05, 3.63) is 28.8 Å². The molecule has 4 nitrogen and oxygen atoms in total. The first-order chi connectivity index (χ1) is 9.58. The molecule has 1 aliphatic heterocycles. The van der Waals surface area contributed by atoms with Crippen molar-refractivity contribution >= 4 is 40.5 Å². The number of nitrogens with two attached hydrogens (primary N) is 1. The SMILES string of the molecule is NC(=S)c1ccc(NC(=O)N2CCCCCC2)c(Cl)c1. The number of carbonyl (C=O) groups excluding carboxylic acids is 1. The van der Waals surface area contributed by atoms with Crippen LogP contribution in [0.2, 0.25) is 5.02 Å². The van der Waals surface area contributed by atoms with E-state index >= 15 is 0 Å². The number of rotatable bonds is 2. The molecule has 2 rings (SSSR count). The number of amides is 2. The summed E-state index contributed by atoms with van der Waals surface area (Å²) in [5, 5.41) is 3.29. The molecule has 1 saturated heterocycles. The lowest BCUT2D eigenvalue weighted by molar-refractivity contribution is 0.214. The van der Waals surface area contributed by atoms with E-state index in [4.69, 9.17) is 29.6 Å². The Morgan fingerprint density at radius 3 is 2.45 bits per heavy atom. The monoisotopic (exact) mass is 311 g/mol. The molecule has 0 aromatic heterocycles. The summed E-state index contributed by atoms with van der Waals surface area (Å²) in [4.78, 5) is 14.3. The largest absolute Gasteiger partial charge is 0.389 e. The van der Waals surface area contributed by atoms with Crippen LogP contribution < -0.4 is 11.1 Å². The minimum absolute atomic E-state index is 0.100. The second kappa shape index (κ2) is 6.90. The van der Waals surface area contributed by atoms with Gasteiger partial charge in [0.25, 0.3) is 0 Å². The molecule has 0 unspecified atom stereocenters. The molecular weight excluding hydrogens is 294 g/mol. The van der Waals surface area contributed by atoms with Crippen LogP contribution >= 0.6 is 23.8 Å². The van der Waals surface area contributed by atoms with E-state index in [1.54, 1.807) is 18.2 Å². The molecule has 2 amide bonds. The minimum Gasteiger partial charge on any atom is -0.389 e. The molecule has 0 radical (unpaired) electrons. The van der Waals surface area contributed by atoms with Crippen molar-refractivity contribution in [3.63, 3.8) is 0 Å². The topological polar surface area (TPSA) is 58.4 Å². The Kier molecular flexibility index (Phi) is 5.20. The van der Waals surface area contributed by atoms with Gasteiger partial charge < -0.3 is 16.0 Å². The van der Waals surface area contributed by atoms with Crippen LogP contribution in [-0.2, 0) is 0 Å². The smallest absolute Gasteiger partial charge is 0.321 e. The number of halogens is 1. The van der Waals surface area contributed by atoms with Crippen LogP contribution in [0.25, 0.3) is 0 Å². The van der Waals surface area contributed by atoms with Gasteiger partial charge in [-0.1, -0.05) is 36.7 Å². The normalized spacial score (nSPS) is 15.6. The third kappa shape index (κ3) is 3.84. The lowest BCUT2D eigenvalue weighted by atomic mass is 10.2. The van der Waals surface area contributed by atoms with Crippen LogP contribution in [0.1, 0.15) is 31.2 Å². The summed E-state index contributed by atoms with van der Waals surface area (Å²) in [5.41, 5.74) is 6.82. The second-order valence-corrected chi connectivity index (χ2v) is 5.74. The molecule has 108 valence electrons. The molecule has 0 atom stereocenters. The van der Waals surface area contributed by atoms with Gasteiger partial charge in [-0.3, -0.25) is 0 Å². The van der Waals surface area contributed by atoms with E-state index < -0.39 is 0 Å². The third-order valence-electron chi connectivity index (χ3n) is 3.39. The predicted octanol–water partition coefficient (Wildman–Crippen LogP) is 3.38. The van der Waals surface area contributed by atoms with Gasteiger partial charge in [0.2, 0.25) is 0 Å². The van der Waals surface area contributed by atoms with Crippen molar-refractivity contribution in [2.24, 2.45) is 5.73 Å². The van der Waals surface area contributed by atoms with Crippen molar-refractivity contribution in [1.82, 2.24) is 4.90 Å². The van der Waals surface area contributed by atoms with E-state index in [-0.39, 0.29) is 11.0 Å². The van der Waals surface area contributed by atoms with Crippen LogP contribution in [0, 0.1) is 0 Å². The van der Waals surface area contributed by atoms with Gasteiger partial charge in [-0.05, 0) is 31.0 Å². The molecular formula is C14H18ClN3OS. The van der Waals surface area contributed by atoms with Gasteiger partial charge in [0, 0.05) is 18.7 Å². The van der Waals surface area contributed by atoms with Crippen molar-refractivity contribution in [2.75, 3.05) is 18.4 Å². The Morgan fingerprint density at radius 2 is 1.90 bits per heavy atom. The Balaban J connectivity index is 2.05. The summed E-state index contributed by atoms with van der Waals surface area (Å²) in [6.07, 6.45) is 4.49. The van der Waals surface area contributed by atoms with Gasteiger partial charge in [0.05, 0.1) is 10.7 Å². The number of carbonyl (C=O) groups is 1. The Bertz CT molecular complexity index is 513. The Hall–Kier alpha value is -1.33. The van der Waals surface area contributed by atoms with E-state index in [0.29, 0.717) is 16.3 Å². The molecule has 1 heterocycles. The molecule has 1 aromatic rings. The van der Waals surface area contributed by atoms with Gasteiger partial charge in [-0.2, -0.15) is 0 Å². The summed E-state index contributed by atoms with van der Waals surface area (Å²) in [5.74, 6) is 0. The predicted molar refractivity (Wildman–Crippen MR) is 86.4 cm³/mol. The van der Waals surface area contributed by atoms with Crippen LogP contribution in [0.15, 0.2) is 18.2 Å². The van der Waals surface area contributed by atoms with E-state index in [2.05, 4.69) is 5.32 Å². The van der Waals surface area contributed by atoms with E-state index in [0.717, 1.165) is 25.9 Å². The quantitative estimate of drug-likeness (QED) is 0.823. The summed E-state index contributed by atoms with van der Waals surface area (Å²) in [7, 11) is 0. The molecule has 20 heavy (non-hydrogen) atoms. The van der Waals surface area contributed by atoms with Gasteiger partial charge in [-0.15, -0.1) is 0 Å². The maximum absolute atomic E-state index is 12.2. The summed E-state index contributed by atoms with van der Waals surface area (Å²) < 4.78 is 0. The van der Waals surface area contributed by atoms with Crippen molar-refractivity contribution < 1.29 is 4.79 Å². The zero-order chi connectivity index (χ0) is 14.5. The number of anilines is 1. The van der Waals surface area contributed by atoms with Gasteiger partial charge >= 0.3 is 6.03 Å². The van der Waals surface area contributed by atoms with Crippen molar-refractivity contribution in [1.29, 1.82) is 0 Å².